The van der Waals surface area contributed by atoms with Crippen molar-refractivity contribution < 1.29 is 9.21 Å². The summed E-state index contributed by atoms with van der Waals surface area (Å²) in [6.45, 7) is 1.81. The van der Waals surface area contributed by atoms with Gasteiger partial charge >= 0.3 is 0 Å². The zero-order chi connectivity index (χ0) is 11.7. The Balaban J connectivity index is 2.17. The van der Waals surface area contributed by atoms with Crippen molar-refractivity contribution in [2.75, 3.05) is 5.32 Å². The molecule has 0 aliphatic rings. The average Bonchev–Trinajstić information content (AvgIpc) is 2.73. The molecule has 0 saturated carbocycles. The first-order chi connectivity index (χ1) is 7.56. The normalized spacial score (nSPS) is 10.4. The summed E-state index contributed by atoms with van der Waals surface area (Å²) in [5, 5.41) is 6.65. The van der Waals surface area contributed by atoms with Crippen LogP contribution in [0, 0.1) is 6.92 Å². The largest absolute Gasteiger partial charge is 0.444 e. The van der Waals surface area contributed by atoms with Gasteiger partial charge in [0.05, 0.1) is 11.9 Å². The van der Waals surface area contributed by atoms with Crippen LogP contribution in [0.4, 0.5) is 5.69 Å². The SMILES string of the molecule is Cc1cc(Br)oc1C(=O)Nc1cnn(C)c1. The summed E-state index contributed by atoms with van der Waals surface area (Å²) in [4.78, 5) is 11.8. The van der Waals surface area contributed by atoms with E-state index in [-0.39, 0.29) is 5.91 Å². The van der Waals surface area contributed by atoms with Crippen molar-refractivity contribution in [1.82, 2.24) is 9.78 Å². The number of aryl methyl sites for hydroxylation is 2. The van der Waals surface area contributed by atoms with Gasteiger partial charge in [0.15, 0.2) is 10.4 Å². The maximum Gasteiger partial charge on any atom is 0.291 e. The molecular weight excluding hydrogens is 274 g/mol. The van der Waals surface area contributed by atoms with Gasteiger partial charge in [-0.2, -0.15) is 5.10 Å². The summed E-state index contributed by atoms with van der Waals surface area (Å²) in [6, 6.07) is 1.75. The Hall–Kier alpha value is -1.56. The van der Waals surface area contributed by atoms with E-state index in [1.165, 1.54) is 0 Å². The van der Waals surface area contributed by atoms with Gasteiger partial charge in [-0.3, -0.25) is 9.48 Å². The van der Waals surface area contributed by atoms with Crippen LogP contribution in [-0.2, 0) is 7.05 Å². The molecule has 1 N–H and O–H groups in total. The predicted octanol–water partition coefficient (Wildman–Crippen LogP) is 2.34. The van der Waals surface area contributed by atoms with E-state index in [0.717, 1.165) is 5.56 Å². The minimum absolute atomic E-state index is 0.281. The quantitative estimate of drug-likeness (QED) is 0.920. The third kappa shape index (κ3) is 2.16. The van der Waals surface area contributed by atoms with Crippen LogP contribution < -0.4 is 5.32 Å². The second kappa shape index (κ2) is 4.13. The number of nitrogens with zero attached hydrogens (tertiary/aromatic N) is 2. The van der Waals surface area contributed by atoms with Gasteiger partial charge in [0.25, 0.3) is 5.91 Å². The molecule has 0 aromatic carbocycles. The van der Waals surface area contributed by atoms with Crippen molar-refractivity contribution in [2.45, 2.75) is 6.92 Å². The fraction of sp³-hybridized carbons (Fsp3) is 0.200. The van der Waals surface area contributed by atoms with Crippen LogP contribution >= 0.6 is 15.9 Å². The van der Waals surface area contributed by atoms with Gasteiger partial charge in [0.2, 0.25) is 0 Å². The Labute approximate surface area is 101 Å². The molecule has 16 heavy (non-hydrogen) atoms. The molecule has 5 nitrogen and oxygen atoms in total. The van der Waals surface area contributed by atoms with E-state index in [1.54, 1.807) is 30.2 Å². The minimum atomic E-state index is -0.281. The van der Waals surface area contributed by atoms with Gasteiger partial charge in [-0.25, -0.2) is 0 Å². The molecule has 1 amide bonds. The molecule has 0 aliphatic carbocycles. The van der Waals surface area contributed by atoms with E-state index in [9.17, 15) is 4.79 Å². The number of amides is 1. The van der Waals surface area contributed by atoms with Crippen LogP contribution in [0.5, 0.6) is 0 Å². The number of nitrogens with one attached hydrogen (secondary N) is 1. The highest BCUT2D eigenvalue weighted by molar-refractivity contribution is 9.10. The fourth-order valence-electron chi connectivity index (χ4n) is 1.34. The van der Waals surface area contributed by atoms with Crippen LogP contribution in [0.25, 0.3) is 0 Å². The van der Waals surface area contributed by atoms with Gasteiger partial charge < -0.3 is 9.73 Å². The monoisotopic (exact) mass is 283 g/mol. The second-order valence-electron chi connectivity index (χ2n) is 3.42. The number of anilines is 1. The highest BCUT2D eigenvalue weighted by Gasteiger charge is 2.15. The summed E-state index contributed by atoms with van der Waals surface area (Å²) in [5.41, 5.74) is 1.42. The second-order valence-corrected chi connectivity index (χ2v) is 4.20. The van der Waals surface area contributed by atoms with Gasteiger partial charge in [-0.05, 0) is 28.9 Å². The molecule has 6 heteroatoms. The van der Waals surface area contributed by atoms with Gasteiger partial charge in [0.1, 0.15) is 0 Å². The van der Waals surface area contributed by atoms with Crippen molar-refractivity contribution in [2.24, 2.45) is 7.05 Å². The summed E-state index contributed by atoms with van der Waals surface area (Å²) < 4.78 is 7.39. The summed E-state index contributed by atoms with van der Waals surface area (Å²) in [5.74, 6) is 0.0203. The van der Waals surface area contributed by atoms with Crippen molar-refractivity contribution in [3.05, 3.63) is 34.5 Å². The van der Waals surface area contributed by atoms with Crippen LogP contribution in [0.2, 0.25) is 0 Å². The maximum atomic E-state index is 11.8. The van der Waals surface area contributed by atoms with Crippen molar-refractivity contribution >= 4 is 27.5 Å². The Morgan fingerprint density at radius 1 is 1.62 bits per heavy atom. The lowest BCUT2D eigenvalue weighted by Gasteiger charge is -1.99. The highest BCUT2D eigenvalue weighted by atomic mass is 79.9. The maximum absolute atomic E-state index is 11.8. The van der Waals surface area contributed by atoms with Crippen LogP contribution in [0.3, 0.4) is 0 Å². The number of hydrogen-bond donors (Lipinski definition) is 1. The summed E-state index contributed by atoms with van der Waals surface area (Å²) >= 11 is 3.18. The van der Waals surface area contributed by atoms with E-state index < -0.39 is 0 Å². The first-order valence-electron chi connectivity index (χ1n) is 4.62. The van der Waals surface area contributed by atoms with Crippen molar-refractivity contribution in [3.63, 3.8) is 0 Å². The Morgan fingerprint density at radius 3 is 2.88 bits per heavy atom. The zero-order valence-corrected chi connectivity index (χ0v) is 10.4. The number of furan rings is 1. The first-order valence-corrected chi connectivity index (χ1v) is 5.41. The molecule has 0 spiro atoms. The molecule has 2 rings (SSSR count). The standard InChI is InChI=1S/C10H10BrN3O2/c1-6-3-8(11)16-9(6)10(15)13-7-4-12-14(2)5-7/h3-5H,1-2H3,(H,13,15). The molecule has 0 unspecified atom stereocenters. The van der Waals surface area contributed by atoms with E-state index in [4.69, 9.17) is 4.42 Å². The molecule has 0 radical (unpaired) electrons. The molecule has 2 heterocycles. The van der Waals surface area contributed by atoms with E-state index in [1.807, 2.05) is 6.92 Å². The molecule has 0 fully saturated rings. The predicted molar refractivity (Wildman–Crippen MR) is 62.3 cm³/mol. The highest BCUT2D eigenvalue weighted by Crippen LogP contribution is 2.20. The molecule has 0 atom stereocenters. The lowest BCUT2D eigenvalue weighted by molar-refractivity contribution is 0.0994. The number of hydrogen-bond acceptors (Lipinski definition) is 3. The smallest absolute Gasteiger partial charge is 0.291 e. The first kappa shape index (κ1) is 10.9. The van der Waals surface area contributed by atoms with E-state index >= 15 is 0 Å². The van der Waals surface area contributed by atoms with Crippen LogP contribution in [-0.4, -0.2) is 15.7 Å². The lowest BCUT2D eigenvalue weighted by atomic mass is 10.2. The number of rotatable bonds is 2. The molecule has 0 saturated heterocycles. The molecule has 84 valence electrons. The summed E-state index contributed by atoms with van der Waals surface area (Å²) in [6.07, 6.45) is 3.29. The van der Waals surface area contributed by atoms with Gasteiger partial charge in [-0.15, -0.1) is 0 Å². The molecule has 0 aliphatic heterocycles. The number of carbonyl (C=O) groups is 1. The van der Waals surface area contributed by atoms with Gasteiger partial charge in [-0.1, -0.05) is 0 Å². The Morgan fingerprint density at radius 2 is 2.38 bits per heavy atom. The van der Waals surface area contributed by atoms with Crippen molar-refractivity contribution in [3.8, 4) is 0 Å². The molecule has 2 aromatic heterocycles. The number of aromatic nitrogens is 2. The number of halogens is 1. The fourth-order valence-corrected chi connectivity index (χ4v) is 1.85. The average molecular weight is 284 g/mol. The Kier molecular flexibility index (Phi) is 2.82. The topological polar surface area (TPSA) is 60.1 Å². The zero-order valence-electron chi connectivity index (χ0n) is 8.82. The Bertz CT molecular complexity index is 530. The number of carbonyl (C=O) groups excluding carboxylic acids is 1. The summed E-state index contributed by atoms with van der Waals surface area (Å²) in [7, 11) is 1.78. The van der Waals surface area contributed by atoms with E-state index in [2.05, 4.69) is 26.3 Å². The molecule has 0 bridgehead atoms. The minimum Gasteiger partial charge on any atom is -0.444 e. The van der Waals surface area contributed by atoms with Crippen LogP contribution in [0.15, 0.2) is 27.5 Å². The molecular formula is C10H10BrN3O2. The van der Waals surface area contributed by atoms with Crippen molar-refractivity contribution in [1.29, 1.82) is 0 Å². The lowest BCUT2D eigenvalue weighted by Crippen LogP contribution is -2.11. The third-order valence-corrected chi connectivity index (χ3v) is 2.45. The molecule has 2 aromatic rings. The van der Waals surface area contributed by atoms with E-state index in [0.29, 0.717) is 16.1 Å². The van der Waals surface area contributed by atoms with Gasteiger partial charge in [0, 0.05) is 18.8 Å². The third-order valence-electron chi connectivity index (χ3n) is 2.06. The van der Waals surface area contributed by atoms with Crippen LogP contribution in [0.1, 0.15) is 16.1 Å².